The number of hydrogen-bond acceptors (Lipinski definition) is 2. The summed E-state index contributed by atoms with van der Waals surface area (Å²) in [5, 5.41) is 6.53. The van der Waals surface area contributed by atoms with Crippen molar-refractivity contribution in [2.75, 3.05) is 13.6 Å². The Bertz CT molecular complexity index is 313. The van der Waals surface area contributed by atoms with Gasteiger partial charge < -0.3 is 5.32 Å². The molecule has 0 bridgehead atoms. The predicted molar refractivity (Wildman–Crippen MR) is 55.1 cm³/mol. The van der Waals surface area contributed by atoms with Crippen molar-refractivity contribution in [1.29, 1.82) is 0 Å². The Labute approximate surface area is 92.6 Å². The molecule has 0 fully saturated rings. The van der Waals surface area contributed by atoms with Gasteiger partial charge in [-0.05, 0) is 19.5 Å². The lowest BCUT2D eigenvalue weighted by atomic mass is 10.2. The molecule has 0 aliphatic heterocycles. The van der Waals surface area contributed by atoms with Crippen LogP contribution in [0.1, 0.15) is 31.5 Å². The zero-order chi connectivity index (χ0) is 12.2. The molecule has 16 heavy (non-hydrogen) atoms. The maximum absolute atomic E-state index is 12.3. The van der Waals surface area contributed by atoms with E-state index in [4.69, 9.17) is 0 Å². The molecule has 1 N–H and O–H groups in total. The summed E-state index contributed by atoms with van der Waals surface area (Å²) in [6.45, 7) is 2.61. The predicted octanol–water partition coefficient (Wildman–Crippen LogP) is 2.46. The Morgan fingerprint density at radius 1 is 1.50 bits per heavy atom. The number of rotatable bonds is 5. The number of aromatic nitrogens is 2. The molecule has 0 amide bonds. The number of alkyl halides is 3. The van der Waals surface area contributed by atoms with Crippen molar-refractivity contribution in [2.24, 2.45) is 0 Å². The summed E-state index contributed by atoms with van der Waals surface area (Å²) in [4.78, 5) is 0. The molecule has 0 saturated carbocycles. The van der Waals surface area contributed by atoms with Gasteiger partial charge in [0.15, 0.2) is 5.69 Å². The van der Waals surface area contributed by atoms with Gasteiger partial charge in [-0.1, -0.05) is 13.3 Å². The van der Waals surface area contributed by atoms with Crippen LogP contribution in [-0.2, 0) is 6.18 Å². The first-order chi connectivity index (χ1) is 7.49. The lowest BCUT2D eigenvalue weighted by Crippen LogP contribution is -2.23. The highest BCUT2D eigenvalue weighted by molar-refractivity contribution is 5.04. The molecule has 1 heterocycles. The van der Waals surface area contributed by atoms with Crippen LogP contribution in [0.2, 0.25) is 0 Å². The normalized spacial score (nSPS) is 14.1. The molecule has 1 rings (SSSR count). The van der Waals surface area contributed by atoms with Crippen molar-refractivity contribution in [3.63, 3.8) is 0 Å². The van der Waals surface area contributed by atoms with Gasteiger partial charge in [0, 0.05) is 12.7 Å². The minimum Gasteiger partial charge on any atom is -0.318 e. The highest BCUT2D eigenvalue weighted by Gasteiger charge is 2.33. The molecule has 0 aliphatic rings. The van der Waals surface area contributed by atoms with Crippen molar-refractivity contribution in [2.45, 2.75) is 32.0 Å². The molecule has 3 nitrogen and oxygen atoms in total. The number of nitrogens with zero attached hydrogens (tertiary/aromatic N) is 2. The Balaban J connectivity index is 2.81. The van der Waals surface area contributed by atoms with E-state index in [-0.39, 0.29) is 6.04 Å². The fourth-order valence-electron chi connectivity index (χ4n) is 1.59. The van der Waals surface area contributed by atoms with Crippen LogP contribution < -0.4 is 5.32 Å². The van der Waals surface area contributed by atoms with Crippen LogP contribution >= 0.6 is 0 Å². The molecular formula is C10H16F3N3. The van der Waals surface area contributed by atoms with E-state index in [1.54, 1.807) is 7.05 Å². The molecule has 0 saturated heterocycles. The van der Waals surface area contributed by atoms with Crippen molar-refractivity contribution >= 4 is 0 Å². The van der Waals surface area contributed by atoms with E-state index in [0.717, 1.165) is 18.9 Å². The van der Waals surface area contributed by atoms with Gasteiger partial charge in [-0.15, -0.1) is 0 Å². The topological polar surface area (TPSA) is 29.9 Å². The third-order valence-electron chi connectivity index (χ3n) is 2.33. The minimum atomic E-state index is -4.36. The van der Waals surface area contributed by atoms with E-state index in [1.807, 2.05) is 6.92 Å². The Morgan fingerprint density at radius 2 is 2.19 bits per heavy atom. The summed E-state index contributed by atoms with van der Waals surface area (Å²) >= 11 is 0. The first-order valence-corrected chi connectivity index (χ1v) is 5.26. The van der Waals surface area contributed by atoms with Crippen LogP contribution in [-0.4, -0.2) is 23.4 Å². The summed E-state index contributed by atoms with van der Waals surface area (Å²) in [6, 6.07) is 0.990. The molecule has 1 aromatic rings. The molecule has 1 atom stereocenters. The Kier molecular flexibility index (Phi) is 4.35. The summed E-state index contributed by atoms with van der Waals surface area (Å²) in [5.74, 6) is 0. The molecule has 1 aromatic heterocycles. The Morgan fingerprint density at radius 3 is 2.62 bits per heavy atom. The second-order valence-electron chi connectivity index (χ2n) is 3.68. The SMILES string of the molecule is CCCC(CNC)n1ccc(C(F)(F)F)n1. The van der Waals surface area contributed by atoms with E-state index >= 15 is 0 Å². The fourth-order valence-corrected chi connectivity index (χ4v) is 1.59. The lowest BCUT2D eigenvalue weighted by Gasteiger charge is -2.16. The van der Waals surface area contributed by atoms with E-state index in [1.165, 1.54) is 10.9 Å². The molecular weight excluding hydrogens is 219 g/mol. The van der Waals surface area contributed by atoms with Crippen LogP contribution in [0, 0.1) is 0 Å². The fraction of sp³-hybridized carbons (Fsp3) is 0.700. The number of likely N-dealkylation sites (N-methyl/N-ethyl adjacent to an activating group) is 1. The van der Waals surface area contributed by atoms with E-state index < -0.39 is 11.9 Å². The van der Waals surface area contributed by atoms with Crippen LogP contribution in [0.4, 0.5) is 13.2 Å². The molecule has 0 aliphatic carbocycles. The zero-order valence-corrected chi connectivity index (χ0v) is 9.38. The van der Waals surface area contributed by atoms with Crippen molar-refractivity contribution < 1.29 is 13.2 Å². The number of nitrogens with one attached hydrogen (secondary N) is 1. The average molecular weight is 235 g/mol. The molecule has 0 aromatic carbocycles. The smallest absolute Gasteiger partial charge is 0.318 e. The molecule has 0 radical (unpaired) electrons. The van der Waals surface area contributed by atoms with Gasteiger partial charge in [0.1, 0.15) is 0 Å². The second kappa shape index (κ2) is 5.34. The van der Waals surface area contributed by atoms with Crippen LogP contribution in [0.3, 0.4) is 0 Å². The maximum atomic E-state index is 12.3. The minimum absolute atomic E-state index is 0.0221. The largest absolute Gasteiger partial charge is 0.435 e. The van der Waals surface area contributed by atoms with E-state index in [2.05, 4.69) is 10.4 Å². The maximum Gasteiger partial charge on any atom is 0.435 e. The van der Waals surface area contributed by atoms with E-state index in [0.29, 0.717) is 6.54 Å². The van der Waals surface area contributed by atoms with Crippen LogP contribution in [0.15, 0.2) is 12.3 Å². The van der Waals surface area contributed by atoms with Gasteiger partial charge in [-0.3, -0.25) is 4.68 Å². The van der Waals surface area contributed by atoms with Crippen molar-refractivity contribution in [3.05, 3.63) is 18.0 Å². The van der Waals surface area contributed by atoms with Gasteiger partial charge in [0.05, 0.1) is 6.04 Å². The lowest BCUT2D eigenvalue weighted by molar-refractivity contribution is -0.141. The van der Waals surface area contributed by atoms with Crippen molar-refractivity contribution in [3.8, 4) is 0 Å². The highest BCUT2D eigenvalue weighted by Crippen LogP contribution is 2.28. The quantitative estimate of drug-likeness (QED) is 0.849. The first kappa shape index (κ1) is 13.0. The molecule has 92 valence electrons. The number of halogens is 3. The van der Waals surface area contributed by atoms with Crippen molar-refractivity contribution in [1.82, 2.24) is 15.1 Å². The van der Waals surface area contributed by atoms with Crippen LogP contribution in [0.25, 0.3) is 0 Å². The third kappa shape index (κ3) is 3.23. The van der Waals surface area contributed by atoms with Gasteiger partial charge in [0.2, 0.25) is 0 Å². The second-order valence-corrected chi connectivity index (χ2v) is 3.68. The van der Waals surface area contributed by atoms with Crippen LogP contribution in [0.5, 0.6) is 0 Å². The van der Waals surface area contributed by atoms with Gasteiger partial charge in [0.25, 0.3) is 0 Å². The molecule has 6 heteroatoms. The summed E-state index contributed by atoms with van der Waals surface area (Å²) in [7, 11) is 1.77. The van der Waals surface area contributed by atoms with Gasteiger partial charge >= 0.3 is 6.18 Å². The summed E-state index contributed by atoms with van der Waals surface area (Å²) < 4.78 is 38.4. The van der Waals surface area contributed by atoms with Gasteiger partial charge in [-0.2, -0.15) is 18.3 Å². The average Bonchev–Trinajstić information content (AvgIpc) is 2.65. The monoisotopic (exact) mass is 235 g/mol. The van der Waals surface area contributed by atoms with Gasteiger partial charge in [-0.25, -0.2) is 0 Å². The Hall–Kier alpha value is -1.04. The first-order valence-electron chi connectivity index (χ1n) is 5.26. The summed E-state index contributed by atoms with van der Waals surface area (Å²) in [5.41, 5.74) is -0.829. The highest BCUT2D eigenvalue weighted by atomic mass is 19.4. The standard InChI is InChI=1S/C10H16F3N3/c1-3-4-8(7-14-2)16-6-5-9(15-16)10(11,12)13/h5-6,8,14H,3-4,7H2,1-2H3. The zero-order valence-electron chi connectivity index (χ0n) is 9.38. The molecule has 1 unspecified atom stereocenters. The summed E-state index contributed by atoms with van der Waals surface area (Å²) in [6.07, 6.45) is -1.25. The number of hydrogen-bond donors (Lipinski definition) is 1. The third-order valence-corrected chi connectivity index (χ3v) is 2.33. The van der Waals surface area contributed by atoms with E-state index in [9.17, 15) is 13.2 Å². The molecule has 0 spiro atoms.